The quantitative estimate of drug-likeness (QED) is 0.787. The van der Waals surface area contributed by atoms with Gasteiger partial charge < -0.3 is 20.2 Å². The van der Waals surface area contributed by atoms with Gasteiger partial charge >= 0.3 is 12.0 Å². The van der Waals surface area contributed by atoms with Gasteiger partial charge in [0, 0.05) is 44.5 Å². The van der Waals surface area contributed by atoms with E-state index in [0.29, 0.717) is 22.9 Å². The zero-order chi connectivity index (χ0) is 18.5. The van der Waals surface area contributed by atoms with Crippen LogP contribution in [-0.2, 0) is 4.79 Å². The summed E-state index contributed by atoms with van der Waals surface area (Å²) >= 11 is 6.25. The van der Waals surface area contributed by atoms with E-state index in [1.807, 2.05) is 9.80 Å². The number of carbonyl (C=O) groups excluding carboxylic acids is 1. The van der Waals surface area contributed by atoms with E-state index in [0.717, 1.165) is 45.0 Å². The van der Waals surface area contributed by atoms with Crippen LogP contribution in [0.3, 0.4) is 0 Å². The molecule has 7 nitrogen and oxygen atoms in total. The third-order valence-electron chi connectivity index (χ3n) is 4.71. The lowest BCUT2D eigenvalue weighted by molar-refractivity contribution is -0.131. The number of urea groups is 1. The molecular weight excluding hydrogens is 356 g/mol. The number of piperidine rings is 1. The highest BCUT2D eigenvalue weighted by Gasteiger charge is 2.30. The van der Waals surface area contributed by atoms with Crippen LogP contribution in [0.25, 0.3) is 6.08 Å². The van der Waals surface area contributed by atoms with E-state index >= 15 is 0 Å². The molecule has 0 aliphatic carbocycles. The maximum absolute atomic E-state index is 12.6. The van der Waals surface area contributed by atoms with Gasteiger partial charge in [-0.2, -0.15) is 0 Å². The molecule has 26 heavy (non-hydrogen) atoms. The molecule has 2 aliphatic heterocycles. The van der Waals surface area contributed by atoms with Crippen LogP contribution in [0.2, 0.25) is 5.02 Å². The van der Waals surface area contributed by atoms with Crippen molar-refractivity contribution in [2.45, 2.75) is 31.7 Å². The molecule has 2 amide bonds. The second kappa shape index (κ2) is 8.40. The Morgan fingerprint density at radius 3 is 2.69 bits per heavy atom. The Balaban J connectivity index is 1.56. The third-order valence-corrected chi connectivity index (χ3v) is 5.00. The highest BCUT2D eigenvalue weighted by atomic mass is 35.5. The van der Waals surface area contributed by atoms with Crippen molar-refractivity contribution >= 4 is 35.5 Å². The number of hydrogen-bond donors (Lipinski definition) is 2. The average Bonchev–Trinajstić information content (AvgIpc) is 3.10. The molecule has 0 saturated carbocycles. The van der Waals surface area contributed by atoms with Gasteiger partial charge in [0.05, 0.1) is 5.02 Å². The van der Waals surface area contributed by atoms with Gasteiger partial charge in [-0.05, 0) is 43.4 Å². The summed E-state index contributed by atoms with van der Waals surface area (Å²) in [6.07, 6.45) is 8.28. The van der Waals surface area contributed by atoms with E-state index in [1.54, 1.807) is 12.3 Å². The molecule has 8 heteroatoms. The van der Waals surface area contributed by atoms with Crippen LogP contribution in [0.5, 0.6) is 0 Å². The predicted octanol–water partition coefficient (Wildman–Crippen LogP) is 2.92. The Kier molecular flexibility index (Phi) is 5.98. The van der Waals surface area contributed by atoms with Gasteiger partial charge in [-0.3, -0.25) is 0 Å². The first-order valence-electron chi connectivity index (χ1n) is 8.90. The smallest absolute Gasteiger partial charge is 0.328 e. The lowest BCUT2D eigenvalue weighted by atomic mass is 10.1. The SMILES string of the molecule is O=C(O)C=Cc1cnc(N[C@@H]2CCN(C(=O)N3CCCCC3)C2)c(Cl)c1. The van der Waals surface area contributed by atoms with E-state index in [1.165, 1.54) is 12.5 Å². The van der Waals surface area contributed by atoms with Crippen LogP contribution in [-0.4, -0.2) is 64.1 Å². The van der Waals surface area contributed by atoms with Crippen molar-refractivity contribution in [1.29, 1.82) is 0 Å². The molecule has 2 aliphatic rings. The molecule has 0 unspecified atom stereocenters. The van der Waals surface area contributed by atoms with Crippen molar-refractivity contribution in [1.82, 2.24) is 14.8 Å². The van der Waals surface area contributed by atoms with Crippen LogP contribution in [0.15, 0.2) is 18.3 Å². The molecule has 3 rings (SSSR count). The van der Waals surface area contributed by atoms with E-state index < -0.39 is 5.97 Å². The van der Waals surface area contributed by atoms with Crippen molar-refractivity contribution < 1.29 is 14.7 Å². The number of amides is 2. The first-order valence-corrected chi connectivity index (χ1v) is 9.27. The molecule has 0 bridgehead atoms. The fourth-order valence-electron chi connectivity index (χ4n) is 3.35. The summed E-state index contributed by atoms with van der Waals surface area (Å²) < 4.78 is 0. The molecule has 1 atom stereocenters. The number of halogens is 1. The summed E-state index contributed by atoms with van der Waals surface area (Å²) in [7, 11) is 0. The van der Waals surface area contributed by atoms with Crippen LogP contribution in [0.4, 0.5) is 10.6 Å². The summed E-state index contributed by atoms with van der Waals surface area (Å²) in [6, 6.07) is 1.90. The molecule has 140 valence electrons. The molecule has 0 radical (unpaired) electrons. The Bertz CT molecular complexity index is 704. The predicted molar refractivity (Wildman–Crippen MR) is 100 cm³/mol. The maximum Gasteiger partial charge on any atom is 0.328 e. The Morgan fingerprint density at radius 2 is 2.00 bits per heavy atom. The number of aliphatic carboxylic acids is 1. The van der Waals surface area contributed by atoms with Crippen LogP contribution < -0.4 is 5.32 Å². The highest BCUT2D eigenvalue weighted by Crippen LogP contribution is 2.24. The van der Waals surface area contributed by atoms with Crippen molar-refractivity contribution in [3.63, 3.8) is 0 Å². The molecule has 2 fully saturated rings. The van der Waals surface area contributed by atoms with E-state index in [9.17, 15) is 9.59 Å². The van der Waals surface area contributed by atoms with Gasteiger partial charge in [0.15, 0.2) is 0 Å². The van der Waals surface area contributed by atoms with Gasteiger partial charge in [0.1, 0.15) is 5.82 Å². The summed E-state index contributed by atoms with van der Waals surface area (Å²) in [6.45, 7) is 3.07. The van der Waals surface area contributed by atoms with Crippen LogP contribution >= 0.6 is 11.6 Å². The molecule has 2 N–H and O–H groups in total. The normalized spacial score (nSPS) is 20.6. The molecule has 1 aromatic heterocycles. The second-order valence-corrected chi connectivity index (χ2v) is 7.08. The van der Waals surface area contributed by atoms with Crippen molar-refractivity contribution in [3.05, 3.63) is 28.9 Å². The number of carbonyl (C=O) groups is 2. The Morgan fingerprint density at radius 1 is 1.23 bits per heavy atom. The minimum Gasteiger partial charge on any atom is -0.478 e. The number of nitrogens with one attached hydrogen (secondary N) is 1. The van der Waals surface area contributed by atoms with Crippen molar-refractivity contribution in [3.8, 4) is 0 Å². The zero-order valence-electron chi connectivity index (χ0n) is 14.5. The van der Waals surface area contributed by atoms with Gasteiger partial charge in [-0.1, -0.05) is 11.6 Å². The number of pyridine rings is 1. The molecule has 0 spiro atoms. The molecule has 2 saturated heterocycles. The number of carboxylic acids is 1. The lowest BCUT2D eigenvalue weighted by Gasteiger charge is -2.31. The topological polar surface area (TPSA) is 85.8 Å². The first kappa shape index (κ1) is 18.5. The molecule has 0 aromatic carbocycles. The standard InChI is InChI=1S/C18H23ClN4O3/c19-15-10-13(4-5-16(24)25)11-20-17(15)21-14-6-9-23(12-14)18(26)22-7-2-1-3-8-22/h4-5,10-11,14H,1-3,6-9,12H2,(H,20,21)(H,24,25)/t14-/m1/s1. The van der Waals surface area contributed by atoms with Gasteiger partial charge in [-0.25, -0.2) is 14.6 Å². The number of rotatable bonds is 4. The Hall–Kier alpha value is -2.28. The average molecular weight is 379 g/mol. The summed E-state index contributed by atoms with van der Waals surface area (Å²) in [5, 5.41) is 12.4. The lowest BCUT2D eigenvalue weighted by Crippen LogP contribution is -2.45. The number of carboxylic acid groups (broad SMARTS) is 1. The summed E-state index contributed by atoms with van der Waals surface area (Å²) in [4.78, 5) is 31.2. The zero-order valence-corrected chi connectivity index (χ0v) is 15.3. The van der Waals surface area contributed by atoms with Crippen molar-refractivity contribution in [2.75, 3.05) is 31.5 Å². The number of anilines is 1. The fraction of sp³-hybridized carbons (Fsp3) is 0.500. The van der Waals surface area contributed by atoms with E-state index in [2.05, 4.69) is 10.3 Å². The minimum absolute atomic E-state index is 0.106. The number of nitrogens with zero attached hydrogens (tertiary/aromatic N) is 3. The maximum atomic E-state index is 12.6. The largest absolute Gasteiger partial charge is 0.478 e. The number of aromatic nitrogens is 1. The van der Waals surface area contributed by atoms with Gasteiger partial charge in [-0.15, -0.1) is 0 Å². The van der Waals surface area contributed by atoms with Gasteiger partial charge in [0.25, 0.3) is 0 Å². The monoisotopic (exact) mass is 378 g/mol. The highest BCUT2D eigenvalue weighted by molar-refractivity contribution is 6.33. The third kappa shape index (κ3) is 4.66. The number of likely N-dealkylation sites (tertiary alicyclic amines) is 2. The van der Waals surface area contributed by atoms with Crippen LogP contribution in [0, 0.1) is 0 Å². The summed E-state index contributed by atoms with van der Waals surface area (Å²) in [5.41, 5.74) is 0.622. The minimum atomic E-state index is -1.02. The second-order valence-electron chi connectivity index (χ2n) is 6.68. The Labute approximate surface area is 157 Å². The van der Waals surface area contributed by atoms with E-state index in [-0.39, 0.29) is 12.1 Å². The first-order chi connectivity index (χ1) is 12.5. The molecule has 3 heterocycles. The van der Waals surface area contributed by atoms with Crippen LogP contribution in [0.1, 0.15) is 31.2 Å². The molecular formula is C18H23ClN4O3. The summed E-state index contributed by atoms with van der Waals surface area (Å²) in [5.74, 6) is -0.468. The molecule has 1 aromatic rings. The van der Waals surface area contributed by atoms with E-state index in [4.69, 9.17) is 16.7 Å². The number of hydrogen-bond acceptors (Lipinski definition) is 4. The van der Waals surface area contributed by atoms with Gasteiger partial charge in [0.2, 0.25) is 0 Å². The fourth-order valence-corrected chi connectivity index (χ4v) is 3.58. The van der Waals surface area contributed by atoms with Crippen molar-refractivity contribution in [2.24, 2.45) is 0 Å².